The number of benzene rings is 4. The fourth-order valence-corrected chi connectivity index (χ4v) is 4.09. The lowest BCUT2D eigenvalue weighted by molar-refractivity contribution is -0.129. The zero-order valence-electron chi connectivity index (χ0n) is 21.1. The lowest BCUT2D eigenvalue weighted by Crippen LogP contribution is -2.10. The van der Waals surface area contributed by atoms with Gasteiger partial charge < -0.3 is 14.4 Å². The molecule has 0 atom stereocenters. The Labute approximate surface area is 227 Å². The van der Waals surface area contributed by atoms with Gasteiger partial charge >= 0.3 is 11.9 Å². The molecule has 0 heterocycles. The topological polar surface area (TPSA) is 55.8 Å². The third kappa shape index (κ3) is 6.20. The van der Waals surface area contributed by atoms with E-state index in [0.29, 0.717) is 10.6 Å². The zero-order chi connectivity index (χ0) is 27.2. The Morgan fingerprint density at radius 2 is 1.26 bits per heavy atom. The Hall–Kier alpha value is -4.61. The van der Waals surface area contributed by atoms with Crippen molar-refractivity contribution >= 4 is 40.6 Å². The number of rotatable bonds is 8. The second kappa shape index (κ2) is 11.6. The summed E-state index contributed by atoms with van der Waals surface area (Å²) in [6.45, 7) is 11.0. The zero-order valence-corrected chi connectivity index (χ0v) is 21.9. The number of nitrogens with zero attached hydrogens (tertiary/aromatic N) is 1. The summed E-state index contributed by atoms with van der Waals surface area (Å²) in [5, 5.41) is 0.639. The second-order valence-electron chi connectivity index (χ2n) is 8.57. The van der Waals surface area contributed by atoms with Gasteiger partial charge in [0.1, 0.15) is 11.5 Å². The largest absolute Gasteiger partial charge is 0.423 e. The van der Waals surface area contributed by atoms with Crippen molar-refractivity contribution in [2.24, 2.45) is 0 Å². The first-order valence-electron chi connectivity index (χ1n) is 11.8. The van der Waals surface area contributed by atoms with Gasteiger partial charge in [-0.1, -0.05) is 49.0 Å². The highest BCUT2D eigenvalue weighted by Gasteiger charge is 2.15. The van der Waals surface area contributed by atoms with Crippen molar-refractivity contribution in [1.29, 1.82) is 0 Å². The maximum atomic E-state index is 11.8. The standard InChI is InChI=1S/C32H26ClNO4/c1-5-31(35)37-29-17-24(18-30(20-29)38-32(36)6-2)23-11-14-26(15-12-23)34(27-9-7-8-25(33)19-27)28-13-10-21(3)22(4)16-28/h5-20H,1-2H2,3-4H3. The van der Waals surface area contributed by atoms with E-state index in [1.165, 1.54) is 17.2 Å². The van der Waals surface area contributed by atoms with Gasteiger partial charge in [0.05, 0.1) is 0 Å². The number of carbonyl (C=O) groups is 2. The van der Waals surface area contributed by atoms with Crippen molar-refractivity contribution < 1.29 is 19.1 Å². The van der Waals surface area contributed by atoms with Gasteiger partial charge in [-0.3, -0.25) is 0 Å². The molecule has 0 saturated heterocycles. The van der Waals surface area contributed by atoms with Gasteiger partial charge in [0, 0.05) is 40.3 Å². The molecule has 0 saturated carbocycles. The van der Waals surface area contributed by atoms with Crippen LogP contribution in [0.25, 0.3) is 11.1 Å². The van der Waals surface area contributed by atoms with Gasteiger partial charge in [-0.25, -0.2) is 9.59 Å². The van der Waals surface area contributed by atoms with Crippen LogP contribution in [0.15, 0.2) is 110 Å². The average Bonchev–Trinajstić information content (AvgIpc) is 2.91. The number of ether oxygens (including phenoxy) is 2. The van der Waals surface area contributed by atoms with Gasteiger partial charge in [0.15, 0.2) is 0 Å². The number of hydrogen-bond donors (Lipinski definition) is 0. The van der Waals surface area contributed by atoms with Gasteiger partial charge in [0.2, 0.25) is 0 Å². The van der Waals surface area contributed by atoms with E-state index in [2.05, 4.69) is 50.1 Å². The molecule has 0 spiro atoms. The maximum absolute atomic E-state index is 11.8. The molecule has 0 radical (unpaired) electrons. The number of esters is 2. The SMILES string of the molecule is C=CC(=O)Oc1cc(OC(=O)C=C)cc(-c2ccc(N(c3cccc(Cl)c3)c3ccc(C)c(C)c3)cc2)c1. The number of aryl methyl sites for hydroxylation is 2. The summed E-state index contributed by atoms with van der Waals surface area (Å²) in [7, 11) is 0. The Bertz CT molecular complexity index is 1480. The second-order valence-corrected chi connectivity index (χ2v) is 9.01. The summed E-state index contributed by atoms with van der Waals surface area (Å²) in [6, 6.07) is 26.7. The summed E-state index contributed by atoms with van der Waals surface area (Å²) < 4.78 is 10.6. The number of carbonyl (C=O) groups excluding carboxylic acids is 2. The molecule has 5 nitrogen and oxygen atoms in total. The van der Waals surface area contributed by atoms with E-state index in [9.17, 15) is 9.59 Å². The molecule has 0 aliphatic rings. The normalized spacial score (nSPS) is 10.4. The summed E-state index contributed by atoms with van der Waals surface area (Å²) in [5.41, 5.74) is 6.75. The lowest BCUT2D eigenvalue weighted by atomic mass is 10.0. The fraction of sp³-hybridized carbons (Fsp3) is 0.0625. The van der Waals surface area contributed by atoms with Gasteiger partial charge in [-0.15, -0.1) is 0 Å². The Balaban J connectivity index is 1.76. The van der Waals surface area contributed by atoms with Crippen LogP contribution in [0.5, 0.6) is 11.5 Å². The van der Waals surface area contributed by atoms with Crippen LogP contribution >= 0.6 is 11.6 Å². The minimum absolute atomic E-state index is 0.221. The van der Waals surface area contributed by atoms with Crippen LogP contribution in [-0.2, 0) is 9.59 Å². The summed E-state index contributed by atoms with van der Waals surface area (Å²) >= 11 is 6.34. The smallest absolute Gasteiger partial charge is 0.335 e. The molecule has 4 aromatic carbocycles. The summed E-state index contributed by atoms with van der Waals surface area (Å²) in [6.07, 6.45) is 2.13. The first kappa shape index (κ1) is 26.5. The molecule has 4 rings (SSSR count). The maximum Gasteiger partial charge on any atom is 0.335 e. The van der Waals surface area contributed by atoms with Crippen LogP contribution in [0.2, 0.25) is 5.02 Å². The molecule has 0 aliphatic carbocycles. The molecule has 190 valence electrons. The predicted octanol–water partition coefficient (Wildman–Crippen LogP) is 8.28. The molecule has 0 N–H and O–H groups in total. The van der Waals surface area contributed by atoms with E-state index in [0.717, 1.165) is 34.8 Å². The van der Waals surface area contributed by atoms with Crippen molar-refractivity contribution in [1.82, 2.24) is 0 Å². The van der Waals surface area contributed by atoms with Gasteiger partial charge in [-0.05, 0) is 90.7 Å². The third-order valence-electron chi connectivity index (χ3n) is 5.92. The monoisotopic (exact) mass is 523 g/mol. The molecule has 0 aliphatic heterocycles. The highest BCUT2D eigenvalue weighted by atomic mass is 35.5. The Kier molecular flexibility index (Phi) is 8.09. The molecule has 6 heteroatoms. The third-order valence-corrected chi connectivity index (χ3v) is 6.16. The van der Waals surface area contributed by atoms with Gasteiger partial charge in [-0.2, -0.15) is 0 Å². The highest BCUT2D eigenvalue weighted by Crippen LogP contribution is 2.38. The quantitative estimate of drug-likeness (QED) is 0.132. The van der Waals surface area contributed by atoms with Crippen LogP contribution in [0.3, 0.4) is 0 Å². The van der Waals surface area contributed by atoms with Crippen molar-refractivity contribution in [2.75, 3.05) is 4.90 Å². The number of hydrogen-bond acceptors (Lipinski definition) is 5. The minimum Gasteiger partial charge on any atom is -0.423 e. The van der Waals surface area contributed by atoms with Crippen LogP contribution in [0.1, 0.15) is 11.1 Å². The molecule has 0 aromatic heterocycles. The molecule has 0 fully saturated rings. The van der Waals surface area contributed by atoms with E-state index in [1.54, 1.807) is 12.1 Å². The van der Waals surface area contributed by atoms with Crippen molar-refractivity contribution in [3.63, 3.8) is 0 Å². The van der Waals surface area contributed by atoms with E-state index in [1.807, 2.05) is 48.5 Å². The fourth-order valence-electron chi connectivity index (χ4n) is 3.90. The minimum atomic E-state index is -0.621. The molecular formula is C32H26ClNO4. The van der Waals surface area contributed by atoms with Crippen molar-refractivity contribution in [3.8, 4) is 22.6 Å². The highest BCUT2D eigenvalue weighted by molar-refractivity contribution is 6.30. The predicted molar refractivity (Wildman–Crippen MR) is 153 cm³/mol. The van der Waals surface area contributed by atoms with E-state index >= 15 is 0 Å². The molecular weight excluding hydrogens is 498 g/mol. The molecule has 0 bridgehead atoms. The van der Waals surface area contributed by atoms with Crippen LogP contribution < -0.4 is 14.4 Å². The number of anilines is 3. The lowest BCUT2D eigenvalue weighted by Gasteiger charge is -2.26. The van der Waals surface area contributed by atoms with E-state index in [4.69, 9.17) is 21.1 Å². The van der Waals surface area contributed by atoms with Crippen LogP contribution in [0, 0.1) is 13.8 Å². The van der Waals surface area contributed by atoms with Crippen molar-refractivity contribution in [3.05, 3.63) is 126 Å². The van der Waals surface area contributed by atoms with E-state index < -0.39 is 11.9 Å². The van der Waals surface area contributed by atoms with Crippen LogP contribution in [-0.4, -0.2) is 11.9 Å². The summed E-state index contributed by atoms with van der Waals surface area (Å²) in [5.74, 6) is -0.800. The van der Waals surface area contributed by atoms with Crippen LogP contribution in [0.4, 0.5) is 17.1 Å². The Morgan fingerprint density at radius 1 is 0.684 bits per heavy atom. The van der Waals surface area contributed by atoms with Gasteiger partial charge in [0.25, 0.3) is 0 Å². The molecule has 38 heavy (non-hydrogen) atoms. The first-order chi connectivity index (χ1) is 18.3. The molecule has 0 unspecified atom stereocenters. The summed E-state index contributed by atoms with van der Waals surface area (Å²) in [4.78, 5) is 25.7. The molecule has 0 amide bonds. The Morgan fingerprint density at radius 3 is 1.82 bits per heavy atom. The molecule has 4 aromatic rings. The first-order valence-corrected chi connectivity index (χ1v) is 12.2. The average molecular weight is 524 g/mol. The number of halogens is 1. The van der Waals surface area contributed by atoms with Crippen molar-refractivity contribution in [2.45, 2.75) is 13.8 Å². The van der Waals surface area contributed by atoms with E-state index in [-0.39, 0.29) is 11.5 Å².